The number of halogens is 1. The van der Waals surface area contributed by atoms with E-state index < -0.39 is 0 Å². The average Bonchev–Trinajstić information content (AvgIpc) is 3.00. The first-order valence-corrected chi connectivity index (χ1v) is 5.71. The summed E-state index contributed by atoms with van der Waals surface area (Å²) >= 11 is 0. The average molecular weight is 249 g/mol. The molecule has 0 spiro atoms. The molecule has 5 nitrogen and oxygen atoms in total. The maximum absolute atomic E-state index is 13.2. The van der Waals surface area contributed by atoms with Gasteiger partial charge in [-0.05, 0) is 24.6 Å². The Morgan fingerprint density at radius 3 is 3.06 bits per heavy atom. The molecular formula is C12H12FN3O2. The summed E-state index contributed by atoms with van der Waals surface area (Å²) in [5.41, 5.74) is 6.60. The van der Waals surface area contributed by atoms with Crippen LogP contribution in [-0.2, 0) is 4.74 Å². The van der Waals surface area contributed by atoms with Gasteiger partial charge in [0, 0.05) is 18.2 Å². The second-order valence-corrected chi connectivity index (χ2v) is 4.25. The molecule has 94 valence electrons. The quantitative estimate of drug-likeness (QED) is 0.823. The molecule has 1 unspecified atom stereocenters. The number of nitrogens with zero attached hydrogens (tertiary/aromatic N) is 2. The second kappa shape index (κ2) is 4.38. The Labute approximate surface area is 103 Å². The lowest BCUT2D eigenvalue weighted by Crippen LogP contribution is -1.99. The monoisotopic (exact) mass is 249 g/mol. The van der Waals surface area contributed by atoms with Crippen molar-refractivity contribution in [2.45, 2.75) is 12.3 Å². The molecule has 2 N–H and O–H groups in total. The number of anilines is 1. The van der Waals surface area contributed by atoms with Crippen LogP contribution >= 0.6 is 0 Å². The lowest BCUT2D eigenvalue weighted by Gasteiger charge is -2.00. The molecule has 0 amide bonds. The summed E-state index contributed by atoms with van der Waals surface area (Å²) in [5, 5.41) is 3.90. The van der Waals surface area contributed by atoms with E-state index in [4.69, 9.17) is 15.0 Å². The van der Waals surface area contributed by atoms with Gasteiger partial charge in [0.05, 0.1) is 12.2 Å². The fraction of sp³-hybridized carbons (Fsp3) is 0.333. The van der Waals surface area contributed by atoms with Crippen molar-refractivity contribution in [3.05, 3.63) is 29.8 Å². The summed E-state index contributed by atoms with van der Waals surface area (Å²) in [5.74, 6) is 0.598. The van der Waals surface area contributed by atoms with Gasteiger partial charge in [0.2, 0.25) is 0 Å². The number of hydrogen-bond donors (Lipinski definition) is 1. The summed E-state index contributed by atoms with van der Waals surface area (Å²) < 4.78 is 23.6. The number of nitrogens with two attached hydrogens (primary N) is 1. The van der Waals surface area contributed by atoms with E-state index in [1.54, 1.807) is 0 Å². The van der Waals surface area contributed by atoms with Gasteiger partial charge in [-0.3, -0.25) is 0 Å². The molecule has 1 aromatic heterocycles. The van der Waals surface area contributed by atoms with Crippen molar-refractivity contribution in [3.63, 3.8) is 0 Å². The largest absolute Gasteiger partial charge is 0.398 e. The van der Waals surface area contributed by atoms with Crippen LogP contribution in [-0.4, -0.2) is 23.4 Å². The summed E-state index contributed by atoms with van der Waals surface area (Å²) in [6.07, 6.45) is 0.873. The first-order valence-electron chi connectivity index (χ1n) is 5.71. The van der Waals surface area contributed by atoms with Crippen molar-refractivity contribution in [2.75, 3.05) is 18.9 Å². The topological polar surface area (TPSA) is 74.2 Å². The molecule has 0 bridgehead atoms. The van der Waals surface area contributed by atoms with Crippen LogP contribution in [0.3, 0.4) is 0 Å². The Morgan fingerprint density at radius 1 is 1.39 bits per heavy atom. The molecule has 1 aromatic carbocycles. The van der Waals surface area contributed by atoms with Gasteiger partial charge in [0.15, 0.2) is 5.82 Å². The van der Waals surface area contributed by atoms with Crippen LogP contribution in [0.4, 0.5) is 10.1 Å². The van der Waals surface area contributed by atoms with Gasteiger partial charge in [-0.2, -0.15) is 4.98 Å². The summed E-state index contributed by atoms with van der Waals surface area (Å²) in [4.78, 5) is 4.26. The van der Waals surface area contributed by atoms with Gasteiger partial charge in [-0.1, -0.05) is 5.16 Å². The van der Waals surface area contributed by atoms with Crippen molar-refractivity contribution >= 4 is 5.69 Å². The van der Waals surface area contributed by atoms with Gasteiger partial charge >= 0.3 is 0 Å². The number of aromatic nitrogens is 2. The molecule has 3 rings (SSSR count). The van der Waals surface area contributed by atoms with E-state index in [9.17, 15) is 4.39 Å². The molecule has 1 aliphatic rings. The SMILES string of the molecule is Nc1ccc(F)cc1-c1nc(C2CCOC2)no1. The molecule has 0 aliphatic carbocycles. The highest BCUT2D eigenvalue weighted by Crippen LogP contribution is 2.28. The molecule has 2 heterocycles. The molecule has 1 atom stereocenters. The standard InChI is InChI=1S/C12H12FN3O2/c13-8-1-2-10(14)9(5-8)12-15-11(16-18-12)7-3-4-17-6-7/h1-2,5,7H,3-4,6,14H2. The van der Waals surface area contributed by atoms with E-state index in [2.05, 4.69) is 10.1 Å². The van der Waals surface area contributed by atoms with E-state index in [0.717, 1.165) is 6.42 Å². The van der Waals surface area contributed by atoms with Crippen LogP contribution < -0.4 is 5.73 Å². The third kappa shape index (κ3) is 1.95. The van der Waals surface area contributed by atoms with E-state index in [1.807, 2.05) is 0 Å². The minimum Gasteiger partial charge on any atom is -0.398 e. The van der Waals surface area contributed by atoms with E-state index >= 15 is 0 Å². The summed E-state index contributed by atoms with van der Waals surface area (Å²) in [7, 11) is 0. The van der Waals surface area contributed by atoms with Gasteiger partial charge in [-0.15, -0.1) is 0 Å². The minimum absolute atomic E-state index is 0.150. The Morgan fingerprint density at radius 2 is 2.28 bits per heavy atom. The lowest BCUT2D eigenvalue weighted by atomic mass is 10.1. The number of ether oxygens (including phenoxy) is 1. The van der Waals surface area contributed by atoms with Crippen LogP contribution in [0.25, 0.3) is 11.5 Å². The highest BCUT2D eigenvalue weighted by molar-refractivity contribution is 5.70. The van der Waals surface area contributed by atoms with Gasteiger partial charge in [0.1, 0.15) is 5.82 Å². The second-order valence-electron chi connectivity index (χ2n) is 4.25. The van der Waals surface area contributed by atoms with Crippen molar-refractivity contribution in [1.29, 1.82) is 0 Å². The van der Waals surface area contributed by atoms with Crippen molar-refractivity contribution in [2.24, 2.45) is 0 Å². The maximum atomic E-state index is 13.2. The number of hydrogen-bond acceptors (Lipinski definition) is 5. The summed E-state index contributed by atoms with van der Waals surface area (Å²) in [6.45, 7) is 1.30. The fourth-order valence-electron chi connectivity index (χ4n) is 1.96. The predicted molar refractivity (Wildman–Crippen MR) is 62.3 cm³/mol. The zero-order valence-corrected chi connectivity index (χ0v) is 9.60. The first kappa shape index (κ1) is 11.2. The fourth-order valence-corrected chi connectivity index (χ4v) is 1.96. The van der Waals surface area contributed by atoms with Gasteiger partial charge in [0.25, 0.3) is 5.89 Å². The Balaban J connectivity index is 1.94. The Hall–Kier alpha value is -1.95. The van der Waals surface area contributed by atoms with Crippen LogP contribution in [0, 0.1) is 5.82 Å². The highest BCUT2D eigenvalue weighted by Gasteiger charge is 2.24. The molecule has 1 aliphatic heterocycles. The van der Waals surface area contributed by atoms with Crippen molar-refractivity contribution in [1.82, 2.24) is 10.1 Å². The van der Waals surface area contributed by atoms with E-state index in [-0.39, 0.29) is 17.6 Å². The van der Waals surface area contributed by atoms with E-state index in [0.29, 0.717) is 30.3 Å². The minimum atomic E-state index is -0.386. The summed E-state index contributed by atoms with van der Waals surface area (Å²) in [6, 6.07) is 4.06. The van der Waals surface area contributed by atoms with Crippen molar-refractivity contribution in [3.8, 4) is 11.5 Å². The molecule has 0 radical (unpaired) electrons. The zero-order chi connectivity index (χ0) is 12.5. The number of nitrogen functional groups attached to an aromatic ring is 1. The smallest absolute Gasteiger partial charge is 0.260 e. The molecule has 18 heavy (non-hydrogen) atoms. The highest BCUT2D eigenvalue weighted by atomic mass is 19.1. The third-order valence-electron chi connectivity index (χ3n) is 2.98. The van der Waals surface area contributed by atoms with Gasteiger partial charge < -0.3 is 15.0 Å². The number of rotatable bonds is 2. The molecule has 1 fully saturated rings. The third-order valence-corrected chi connectivity index (χ3v) is 2.98. The first-order chi connectivity index (χ1) is 8.74. The predicted octanol–water partition coefficient (Wildman–Crippen LogP) is 1.96. The zero-order valence-electron chi connectivity index (χ0n) is 9.60. The van der Waals surface area contributed by atoms with Crippen molar-refractivity contribution < 1.29 is 13.7 Å². The normalized spacial score (nSPS) is 19.3. The molecule has 2 aromatic rings. The van der Waals surface area contributed by atoms with Crippen LogP contribution in [0.2, 0.25) is 0 Å². The molecule has 1 saturated heterocycles. The maximum Gasteiger partial charge on any atom is 0.260 e. The molecule has 0 saturated carbocycles. The van der Waals surface area contributed by atoms with Crippen LogP contribution in [0.15, 0.2) is 22.7 Å². The molecule has 6 heteroatoms. The number of benzene rings is 1. The Bertz CT molecular complexity index is 564. The van der Waals surface area contributed by atoms with Gasteiger partial charge in [-0.25, -0.2) is 4.39 Å². The molecular weight excluding hydrogens is 237 g/mol. The lowest BCUT2D eigenvalue weighted by molar-refractivity contribution is 0.192. The Kier molecular flexibility index (Phi) is 2.71. The van der Waals surface area contributed by atoms with Crippen LogP contribution in [0.5, 0.6) is 0 Å². The van der Waals surface area contributed by atoms with Crippen LogP contribution in [0.1, 0.15) is 18.2 Å². The van der Waals surface area contributed by atoms with E-state index in [1.165, 1.54) is 18.2 Å².